The molecule has 2 heterocycles. The van der Waals surface area contributed by atoms with E-state index in [1.54, 1.807) is 6.07 Å². The van der Waals surface area contributed by atoms with Gasteiger partial charge in [0, 0.05) is 18.8 Å². The van der Waals surface area contributed by atoms with E-state index in [9.17, 15) is 18.5 Å². The lowest BCUT2D eigenvalue weighted by Crippen LogP contribution is -2.42. The van der Waals surface area contributed by atoms with Gasteiger partial charge in [0.15, 0.2) is 0 Å². The average Bonchev–Trinajstić information content (AvgIpc) is 3.15. The van der Waals surface area contributed by atoms with Gasteiger partial charge in [-0.1, -0.05) is 18.2 Å². The fourth-order valence-corrected chi connectivity index (χ4v) is 5.62. The van der Waals surface area contributed by atoms with E-state index in [2.05, 4.69) is 11.4 Å². The summed E-state index contributed by atoms with van der Waals surface area (Å²) in [5.74, 6) is -0.568. The first-order valence-electron chi connectivity index (χ1n) is 7.76. The minimum atomic E-state index is -3.43. The summed E-state index contributed by atoms with van der Waals surface area (Å²) in [6.07, 6.45) is 1.90. The Bertz CT molecular complexity index is 825. The quantitative estimate of drug-likeness (QED) is 0.897. The Labute approximate surface area is 135 Å². The predicted molar refractivity (Wildman–Crippen MR) is 83.9 cm³/mol. The summed E-state index contributed by atoms with van der Waals surface area (Å²) in [4.78, 5) is 12.6. The lowest BCUT2D eigenvalue weighted by molar-refractivity contribution is -0.121. The Hall–Kier alpha value is -1.91. The lowest BCUT2D eigenvalue weighted by atomic mass is 9.74. The van der Waals surface area contributed by atoms with Crippen LogP contribution >= 0.6 is 0 Å². The van der Waals surface area contributed by atoms with Crippen LogP contribution in [0, 0.1) is 23.2 Å². The Morgan fingerprint density at radius 1 is 1.35 bits per heavy atom. The number of carbonyl (C=O) groups excluding carboxylic acids is 1. The molecule has 1 aromatic carbocycles. The molecule has 1 amide bonds. The molecule has 4 rings (SSSR count). The summed E-state index contributed by atoms with van der Waals surface area (Å²) >= 11 is 0. The molecule has 7 heteroatoms. The first-order valence-corrected chi connectivity index (χ1v) is 9.37. The summed E-state index contributed by atoms with van der Waals surface area (Å²) in [5, 5.41) is 12.4. The smallest absolute Gasteiger partial charge is 0.237 e. The van der Waals surface area contributed by atoms with Crippen molar-refractivity contribution in [2.24, 2.45) is 11.8 Å². The third-order valence-electron chi connectivity index (χ3n) is 5.16. The van der Waals surface area contributed by atoms with Gasteiger partial charge in [-0.2, -0.15) is 9.57 Å². The largest absolute Gasteiger partial charge is 0.325 e. The number of anilines is 1. The van der Waals surface area contributed by atoms with Gasteiger partial charge in [-0.3, -0.25) is 4.79 Å². The Morgan fingerprint density at radius 3 is 2.78 bits per heavy atom. The van der Waals surface area contributed by atoms with Crippen molar-refractivity contribution >= 4 is 21.6 Å². The number of para-hydroxylation sites is 1. The second-order valence-corrected chi connectivity index (χ2v) is 8.68. The second-order valence-electron chi connectivity index (χ2n) is 6.67. The molecule has 0 aromatic heterocycles. The highest BCUT2D eigenvalue weighted by Crippen LogP contribution is 2.48. The van der Waals surface area contributed by atoms with Crippen LogP contribution in [0.3, 0.4) is 0 Å². The van der Waals surface area contributed by atoms with Gasteiger partial charge in [-0.25, -0.2) is 8.42 Å². The number of hydrogen-bond donors (Lipinski definition) is 1. The summed E-state index contributed by atoms with van der Waals surface area (Å²) in [6.45, 7) is 0.149. The van der Waals surface area contributed by atoms with Gasteiger partial charge in [-0.15, -0.1) is 0 Å². The summed E-state index contributed by atoms with van der Waals surface area (Å²) in [6, 6.07) is 9.41. The Morgan fingerprint density at radius 2 is 2.09 bits per heavy atom. The van der Waals surface area contributed by atoms with Crippen LogP contribution in [0.2, 0.25) is 0 Å². The highest BCUT2D eigenvalue weighted by Gasteiger charge is 2.59. The topological polar surface area (TPSA) is 90.3 Å². The number of nitrogens with zero attached hydrogens (tertiary/aromatic N) is 2. The minimum Gasteiger partial charge on any atom is -0.325 e. The molecule has 2 atom stereocenters. The summed E-state index contributed by atoms with van der Waals surface area (Å²) in [5.41, 5.74) is 0.335. The molecule has 6 nitrogen and oxygen atoms in total. The van der Waals surface area contributed by atoms with E-state index in [4.69, 9.17) is 0 Å². The minimum absolute atomic E-state index is 0.0587. The highest BCUT2D eigenvalue weighted by atomic mass is 32.2. The Balaban J connectivity index is 1.74. The molecule has 1 N–H and O–H groups in total. The molecule has 23 heavy (non-hydrogen) atoms. The molecule has 1 aliphatic carbocycles. The number of nitriles is 1. The molecule has 1 saturated heterocycles. The molecule has 0 bridgehead atoms. The van der Waals surface area contributed by atoms with Crippen molar-refractivity contribution in [3.63, 3.8) is 0 Å². The molecular weight excluding hydrogens is 314 g/mol. The first-order chi connectivity index (χ1) is 11.0. The number of amides is 1. The molecule has 0 radical (unpaired) electrons. The van der Waals surface area contributed by atoms with Crippen LogP contribution in [0.25, 0.3) is 0 Å². The highest BCUT2D eigenvalue weighted by molar-refractivity contribution is 7.89. The zero-order valence-electron chi connectivity index (χ0n) is 12.5. The van der Waals surface area contributed by atoms with E-state index in [0.29, 0.717) is 5.69 Å². The Kier molecular flexibility index (Phi) is 3.06. The van der Waals surface area contributed by atoms with Gasteiger partial charge >= 0.3 is 0 Å². The number of fused-ring (bicyclic) bond motifs is 2. The number of carbonyl (C=O) groups is 1. The second kappa shape index (κ2) is 4.79. The predicted octanol–water partition coefficient (Wildman–Crippen LogP) is 1.07. The maximum absolute atomic E-state index is 12.6. The van der Waals surface area contributed by atoms with E-state index in [1.165, 1.54) is 4.31 Å². The molecule has 1 saturated carbocycles. The van der Waals surface area contributed by atoms with Gasteiger partial charge in [0.1, 0.15) is 5.41 Å². The van der Waals surface area contributed by atoms with Crippen LogP contribution in [0.15, 0.2) is 24.3 Å². The van der Waals surface area contributed by atoms with Crippen LogP contribution in [0.1, 0.15) is 18.4 Å². The normalized spacial score (nSPS) is 30.2. The first kappa shape index (κ1) is 14.7. The van der Waals surface area contributed by atoms with E-state index < -0.39 is 21.4 Å². The van der Waals surface area contributed by atoms with Gasteiger partial charge in [0.05, 0.1) is 17.7 Å². The lowest BCUT2D eigenvalue weighted by Gasteiger charge is -2.24. The van der Waals surface area contributed by atoms with Crippen molar-refractivity contribution in [1.82, 2.24) is 4.31 Å². The van der Waals surface area contributed by atoms with E-state index in [1.807, 2.05) is 18.2 Å². The molecule has 2 fully saturated rings. The maximum Gasteiger partial charge on any atom is 0.237 e. The molecule has 2 aliphatic heterocycles. The van der Waals surface area contributed by atoms with Crippen molar-refractivity contribution in [3.05, 3.63) is 29.8 Å². The summed E-state index contributed by atoms with van der Waals surface area (Å²) < 4.78 is 26.5. The number of benzene rings is 1. The van der Waals surface area contributed by atoms with Gasteiger partial charge < -0.3 is 5.32 Å². The van der Waals surface area contributed by atoms with E-state index in [0.717, 1.165) is 18.4 Å². The fraction of sp³-hybridized carbons (Fsp3) is 0.500. The van der Waals surface area contributed by atoms with E-state index in [-0.39, 0.29) is 30.7 Å². The van der Waals surface area contributed by atoms with Crippen molar-refractivity contribution in [1.29, 1.82) is 5.26 Å². The van der Waals surface area contributed by atoms with Crippen LogP contribution in [-0.2, 0) is 20.2 Å². The standard InChI is InChI=1S/C16H17N3O3S/c17-7-12-8-19(23(21,22)9-11-5-6-11)10-16(12)13-3-1-2-4-14(13)18-15(16)20/h1-4,11-12H,5-6,8-10H2,(H,18,20)/t12-,16-/m0/s1. The van der Waals surface area contributed by atoms with Crippen molar-refractivity contribution in [2.75, 3.05) is 24.2 Å². The van der Waals surface area contributed by atoms with Crippen LogP contribution in [0.4, 0.5) is 5.69 Å². The van der Waals surface area contributed by atoms with Crippen molar-refractivity contribution in [2.45, 2.75) is 18.3 Å². The van der Waals surface area contributed by atoms with Gasteiger partial charge in [0.2, 0.25) is 15.9 Å². The molecule has 3 aliphatic rings. The van der Waals surface area contributed by atoms with Gasteiger partial charge in [-0.05, 0) is 30.4 Å². The SMILES string of the molecule is N#C[C@H]1CN(S(=O)(=O)CC2CC2)C[C@]12C(=O)Nc1ccccc12. The number of rotatable bonds is 3. The van der Waals surface area contributed by atoms with Crippen LogP contribution < -0.4 is 5.32 Å². The molecule has 1 aromatic rings. The van der Waals surface area contributed by atoms with E-state index >= 15 is 0 Å². The molecule has 1 spiro atoms. The molecule has 0 unspecified atom stereocenters. The fourth-order valence-electron chi connectivity index (χ4n) is 3.70. The van der Waals surface area contributed by atoms with Crippen molar-refractivity contribution < 1.29 is 13.2 Å². The summed E-state index contributed by atoms with van der Waals surface area (Å²) in [7, 11) is -3.43. The third-order valence-corrected chi connectivity index (χ3v) is 7.12. The zero-order valence-corrected chi connectivity index (χ0v) is 13.3. The number of hydrogen-bond acceptors (Lipinski definition) is 4. The average molecular weight is 331 g/mol. The van der Waals surface area contributed by atoms with Crippen LogP contribution in [-0.4, -0.2) is 37.5 Å². The third kappa shape index (κ3) is 2.09. The zero-order chi connectivity index (χ0) is 16.2. The van der Waals surface area contributed by atoms with Crippen molar-refractivity contribution in [3.8, 4) is 6.07 Å². The molecular formula is C16H17N3O3S. The molecule has 120 valence electrons. The maximum atomic E-state index is 12.6. The number of sulfonamides is 1. The monoisotopic (exact) mass is 331 g/mol. The number of nitrogens with one attached hydrogen (secondary N) is 1. The van der Waals surface area contributed by atoms with Crippen LogP contribution in [0.5, 0.6) is 0 Å². The van der Waals surface area contributed by atoms with Gasteiger partial charge in [0.25, 0.3) is 0 Å².